The molecule has 0 saturated carbocycles. The topological polar surface area (TPSA) is 12.9 Å². The summed E-state index contributed by atoms with van der Waals surface area (Å²) in [5, 5.41) is 1.95. The number of thioether (sulfide) groups is 1. The molecule has 1 heterocycles. The molecule has 0 aliphatic rings. The first-order chi connectivity index (χ1) is 7.54. The number of hydrogen-bond donors (Lipinski definition) is 0. The maximum Gasteiger partial charge on any atom is 0.244 e. The SMILES string of the molecule is ClC(Cl)(Cl)Sc1nc(-c2ccccc2)cs1. The summed E-state index contributed by atoms with van der Waals surface area (Å²) < 4.78 is -0.606. The average molecular weight is 311 g/mol. The van der Waals surface area contributed by atoms with E-state index in [4.69, 9.17) is 34.8 Å². The van der Waals surface area contributed by atoms with Gasteiger partial charge in [-0.2, -0.15) is 0 Å². The largest absolute Gasteiger partial charge is 0.244 e. The number of benzene rings is 1. The van der Waals surface area contributed by atoms with Gasteiger partial charge in [-0.25, -0.2) is 4.98 Å². The molecular weight excluding hydrogens is 305 g/mol. The van der Waals surface area contributed by atoms with Crippen molar-refractivity contribution in [3.63, 3.8) is 0 Å². The van der Waals surface area contributed by atoms with Crippen molar-refractivity contribution >= 4 is 57.9 Å². The number of alkyl halides is 3. The fourth-order valence-electron chi connectivity index (χ4n) is 1.14. The number of hydrogen-bond acceptors (Lipinski definition) is 3. The number of halogens is 3. The second-order valence-corrected chi connectivity index (χ2v) is 8.19. The predicted molar refractivity (Wildman–Crippen MR) is 73.7 cm³/mol. The van der Waals surface area contributed by atoms with Gasteiger partial charge in [0, 0.05) is 10.9 Å². The van der Waals surface area contributed by atoms with Crippen LogP contribution in [0.4, 0.5) is 0 Å². The van der Waals surface area contributed by atoms with Gasteiger partial charge in [0.1, 0.15) is 0 Å². The summed E-state index contributed by atoms with van der Waals surface area (Å²) >= 11 is 19.6. The highest BCUT2D eigenvalue weighted by Gasteiger charge is 2.23. The predicted octanol–water partition coefficient (Wildman–Crippen LogP) is 5.23. The monoisotopic (exact) mass is 309 g/mol. The van der Waals surface area contributed by atoms with Crippen LogP contribution in [-0.4, -0.2) is 8.11 Å². The Morgan fingerprint density at radius 1 is 1.12 bits per heavy atom. The summed E-state index contributed by atoms with van der Waals surface area (Å²) in [5.41, 5.74) is 1.97. The molecule has 1 aromatic carbocycles. The Labute approximate surface area is 117 Å². The third kappa shape index (κ3) is 3.54. The molecule has 0 aliphatic heterocycles. The number of rotatable bonds is 2. The molecule has 2 rings (SSSR count). The van der Waals surface area contributed by atoms with Crippen molar-refractivity contribution in [3.05, 3.63) is 35.7 Å². The van der Waals surface area contributed by atoms with E-state index in [2.05, 4.69) is 4.98 Å². The number of aromatic nitrogens is 1. The molecule has 0 bridgehead atoms. The van der Waals surface area contributed by atoms with Crippen LogP contribution in [0.3, 0.4) is 0 Å². The maximum atomic E-state index is 5.68. The third-order valence-corrected chi connectivity index (χ3v) is 4.12. The Morgan fingerprint density at radius 3 is 2.44 bits per heavy atom. The van der Waals surface area contributed by atoms with Gasteiger partial charge in [0.2, 0.25) is 3.12 Å². The molecule has 1 nitrogen and oxygen atoms in total. The Hall–Kier alpha value is 0.0700. The zero-order chi connectivity index (χ0) is 11.6. The molecule has 0 amide bonds. The summed E-state index contributed by atoms with van der Waals surface area (Å²) in [6.07, 6.45) is 0. The van der Waals surface area contributed by atoms with E-state index in [0.29, 0.717) is 0 Å². The number of thiazole rings is 1. The van der Waals surface area contributed by atoms with Gasteiger partial charge in [0.25, 0.3) is 0 Å². The molecule has 0 N–H and O–H groups in total. The molecule has 0 radical (unpaired) electrons. The Kier molecular flexibility index (Phi) is 4.03. The average Bonchev–Trinajstić information content (AvgIpc) is 2.65. The summed E-state index contributed by atoms with van der Waals surface area (Å²) in [6.45, 7) is 0. The molecular formula is C10H6Cl3NS2. The van der Waals surface area contributed by atoms with Gasteiger partial charge < -0.3 is 0 Å². The lowest BCUT2D eigenvalue weighted by Crippen LogP contribution is -1.92. The molecule has 6 heteroatoms. The first-order valence-electron chi connectivity index (χ1n) is 4.31. The zero-order valence-corrected chi connectivity index (χ0v) is 11.8. The van der Waals surface area contributed by atoms with Crippen LogP contribution in [-0.2, 0) is 0 Å². The zero-order valence-electron chi connectivity index (χ0n) is 7.86. The molecule has 0 fully saturated rings. The summed E-state index contributed by atoms with van der Waals surface area (Å²) in [6, 6.07) is 9.90. The highest BCUT2D eigenvalue weighted by molar-refractivity contribution is 8.06. The Morgan fingerprint density at radius 2 is 1.81 bits per heavy atom. The van der Waals surface area contributed by atoms with Crippen molar-refractivity contribution in [3.8, 4) is 11.3 Å². The van der Waals surface area contributed by atoms with Crippen molar-refractivity contribution in [1.29, 1.82) is 0 Å². The summed E-state index contributed by atoms with van der Waals surface area (Å²) in [4.78, 5) is 4.39. The van der Waals surface area contributed by atoms with E-state index >= 15 is 0 Å². The van der Waals surface area contributed by atoms with Gasteiger partial charge in [-0.15, -0.1) is 11.3 Å². The molecule has 0 aliphatic carbocycles. The van der Waals surface area contributed by atoms with E-state index in [-0.39, 0.29) is 0 Å². The van der Waals surface area contributed by atoms with E-state index in [1.165, 1.54) is 11.3 Å². The molecule has 0 atom stereocenters. The van der Waals surface area contributed by atoms with Crippen LogP contribution in [0.5, 0.6) is 0 Å². The molecule has 84 valence electrons. The first-order valence-corrected chi connectivity index (χ1v) is 7.14. The minimum absolute atomic E-state index is 0.749. The smallest absolute Gasteiger partial charge is 0.230 e. The van der Waals surface area contributed by atoms with Crippen molar-refractivity contribution in [2.75, 3.05) is 0 Å². The fourth-order valence-corrected chi connectivity index (χ4v) is 3.82. The van der Waals surface area contributed by atoms with Crippen molar-refractivity contribution in [1.82, 2.24) is 4.98 Å². The normalized spacial score (nSPS) is 11.7. The highest BCUT2D eigenvalue weighted by Crippen LogP contribution is 2.45. The second kappa shape index (κ2) is 5.15. The molecule has 0 saturated heterocycles. The second-order valence-electron chi connectivity index (χ2n) is 2.91. The first kappa shape index (κ1) is 12.5. The lowest BCUT2D eigenvalue weighted by atomic mass is 10.2. The van der Waals surface area contributed by atoms with Gasteiger partial charge >= 0.3 is 0 Å². The number of nitrogens with zero attached hydrogens (tertiary/aromatic N) is 1. The van der Waals surface area contributed by atoms with E-state index in [1.807, 2.05) is 35.7 Å². The Bertz CT molecular complexity index is 464. The lowest BCUT2D eigenvalue weighted by molar-refractivity contribution is 1.25. The van der Waals surface area contributed by atoms with E-state index in [9.17, 15) is 0 Å². The maximum absolute atomic E-state index is 5.68. The minimum atomic E-state index is -1.36. The fraction of sp³-hybridized carbons (Fsp3) is 0.100. The van der Waals surface area contributed by atoms with E-state index in [1.54, 1.807) is 0 Å². The van der Waals surface area contributed by atoms with Crippen molar-refractivity contribution in [2.45, 2.75) is 7.46 Å². The molecule has 16 heavy (non-hydrogen) atoms. The third-order valence-electron chi connectivity index (χ3n) is 1.76. The quantitative estimate of drug-likeness (QED) is 0.556. The van der Waals surface area contributed by atoms with Crippen LogP contribution in [0.1, 0.15) is 0 Å². The lowest BCUT2D eigenvalue weighted by Gasteiger charge is -2.05. The highest BCUT2D eigenvalue weighted by atomic mass is 35.6. The van der Waals surface area contributed by atoms with Gasteiger partial charge in [0.15, 0.2) is 4.34 Å². The van der Waals surface area contributed by atoms with Crippen molar-refractivity contribution < 1.29 is 0 Å². The standard InChI is InChI=1S/C10H6Cl3NS2/c11-10(12,13)16-9-14-8(6-15-9)7-4-2-1-3-5-7/h1-6H. The Balaban J connectivity index is 2.21. The van der Waals surface area contributed by atoms with Gasteiger partial charge in [-0.3, -0.25) is 0 Å². The van der Waals surface area contributed by atoms with Gasteiger partial charge in [-0.1, -0.05) is 65.1 Å². The van der Waals surface area contributed by atoms with Crippen molar-refractivity contribution in [2.24, 2.45) is 0 Å². The molecule has 0 spiro atoms. The van der Waals surface area contributed by atoms with Crippen LogP contribution in [0.2, 0.25) is 0 Å². The van der Waals surface area contributed by atoms with Gasteiger partial charge in [-0.05, 0) is 11.8 Å². The molecule has 0 unspecified atom stereocenters. The summed E-state index contributed by atoms with van der Waals surface area (Å²) in [5.74, 6) is 0. The van der Waals surface area contributed by atoms with Crippen LogP contribution < -0.4 is 0 Å². The van der Waals surface area contributed by atoms with Crippen LogP contribution in [0.25, 0.3) is 11.3 Å². The van der Waals surface area contributed by atoms with Crippen LogP contribution in [0, 0.1) is 0 Å². The molecule has 1 aromatic heterocycles. The molecule has 2 aromatic rings. The van der Waals surface area contributed by atoms with Gasteiger partial charge in [0.05, 0.1) is 5.69 Å². The van der Waals surface area contributed by atoms with Crippen LogP contribution in [0.15, 0.2) is 40.1 Å². The van der Waals surface area contributed by atoms with E-state index in [0.717, 1.165) is 27.4 Å². The van der Waals surface area contributed by atoms with Crippen LogP contribution >= 0.6 is 57.9 Å². The summed E-state index contributed by atoms with van der Waals surface area (Å²) in [7, 11) is 0. The minimum Gasteiger partial charge on any atom is -0.230 e. The van der Waals surface area contributed by atoms with E-state index < -0.39 is 3.12 Å².